The van der Waals surface area contributed by atoms with Crippen molar-refractivity contribution in [3.63, 3.8) is 0 Å². The first-order valence-electron chi connectivity index (χ1n) is 13.2. The Bertz CT molecular complexity index is 937. The lowest BCUT2D eigenvalue weighted by atomic mass is 9.92. The highest BCUT2D eigenvalue weighted by atomic mass is 16.5. The number of carboxylic acid groups (broad SMARTS) is 1. The molecule has 1 saturated heterocycles. The third kappa shape index (κ3) is 7.26. The molecule has 0 spiro atoms. The van der Waals surface area contributed by atoms with Crippen molar-refractivity contribution >= 4 is 5.97 Å². The minimum absolute atomic E-state index is 0.0261. The van der Waals surface area contributed by atoms with Crippen LogP contribution < -0.4 is 0 Å². The molecule has 1 aliphatic carbocycles. The maximum Gasteiger partial charge on any atom is 0.303 e. The molecular weight excluding hydrogens is 438 g/mol. The lowest BCUT2D eigenvalue weighted by Crippen LogP contribution is -2.47. The van der Waals surface area contributed by atoms with Crippen LogP contribution >= 0.6 is 0 Å². The minimum atomic E-state index is -0.760. The Labute approximate surface area is 209 Å². The van der Waals surface area contributed by atoms with Gasteiger partial charge in [0.05, 0.1) is 18.8 Å². The molecule has 1 saturated carbocycles. The Kier molecular flexibility index (Phi) is 9.52. The van der Waals surface area contributed by atoms with Crippen LogP contribution in [0.5, 0.6) is 0 Å². The molecule has 2 aromatic carbocycles. The van der Waals surface area contributed by atoms with Gasteiger partial charge >= 0.3 is 5.97 Å². The van der Waals surface area contributed by atoms with E-state index in [1.807, 2.05) is 12.1 Å². The lowest BCUT2D eigenvalue weighted by Gasteiger charge is -2.38. The molecule has 2 aliphatic rings. The third-order valence-electron chi connectivity index (χ3n) is 7.48. The molecule has 2 fully saturated rings. The van der Waals surface area contributed by atoms with Gasteiger partial charge in [0.1, 0.15) is 0 Å². The zero-order valence-electron chi connectivity index (χ0n) is 20.6. The lowest BCUT2D eigenvalue weighted by molar-refractivity contribution is -0.136. The van der Waals surface area contributed by atoms with E-state index >= 15 is 0 Å². The fraction of sp³-hybridized carbons (Fsp3) is 0.500. The first-order valence-corrected chi connectivity index (χ1v) is 13.2. The Hall–Kier alpha value is -2.47. The fourth-order valence-corrected chi connectivity index (χ4v) is 5.69. The van der Waals surface area contributed by atoms with Gasteiger partial charge in [-0.2, -0.15) is 0 Å². The van der Waals surface area contributed by atoms with Gasteiger partial charge in [-0.25, -0.2) is 0 Å². The molecule has 1 aliphatic heterocycles. The van der Waals surface area contributed by atoms with Crippen molar-refractivity contribution < 1.29 is 19.7 Å². The standard InChI is InChI=1S/C30H39NO4/c32-27-21-28(35-22-23-15-17-25(18-16-23)24-11-5-3-6-12-24)26(13-7-1-2-8-14-29(33)34)30(27)31-19-9-4-10-20-31/h1-3,5-6,11-12,15-18,26-28,30,32H,4,7-10,13-14,19-22H2,(H,33,34)/b2-1+. The molecule has 4 unspecified atom stereocenters. The number of benzene rings is 2. The summed E-state index contributed by atoms with van der Waals surface area (Å²) >= 11 is 0. The molecular formula is C30H39NO4. The van der Waals surface area contributed by atoms with Crippen LogP contribution in [0.15, 0.2) is 66.7 Å². The summed E-state index contributed by atoms with van der Waals surface area (Å²) in [5.74, 6) is -0.486. The summed E-state index contributed by atoms with van der Waals surface area (Å²) in [6, 6.07) is 19.1. The topological polar surface area (TPSA) is 70.0 Å². The van der Waals surface area contributed by atoms with Gasteiger partial charge in [-0.3, -0.25) is 9.69 Å². The first kappa shape index (κ1) is 25.6. The molecule has 2 aromatic rings. The van der Waals surface area contributed by atoms with Gasteiger partial charge in [-0.05, 0) is 61.9 Å². The number of aliphatic hydroxyl groups excluding tert-OH is 1. The van der Waals surface area contributed by atoms with Crippen LogP contribution in [0.2, 0.25) is 0 Å². The van der Waals surface area contributed by atoms with E-state index in [9.17, 15) is 9.90 Å². The van der Waals surface area contributed by atoms with Crippen molar-refractivity contribution in [2.45, 2.75) is 76.2 Å². The Balaban J connectivity index is 1.37. The molecule has 0 aromatic heterocycles. The largest absolute Gasteiger partial charge is 0.481 e. The summed E-state index contributed by atoms with van der Waals surface area (Å²) in [5, 5.41) is 19.9. The smallest absolute Gasteiger partial charge is 0.303 e. The monoisotopic (exact) mass is 477 g/mol. The van der Waals surface area contributed by atoms with Gasteiger partial charge in [0.15, 0.2) is 0 Å². The van der Waals surface area contributed by atoms with E-state index in [1.54, 1.807) is 0 Å². The molecule has 2 N–H and O–H groups in total. The first-order chi connectivity index (χ1) is 17.1. The molecule has 35 heavy (non-hydrogen) atoms. The van der Waals surface area contributed by atoms with E-state index in [0.717, 1.165) is 31.5 Å². The number of aliphatic carboxylic acids is 1. The van der Waals surface area contributed by atoms with Crippen LogP contribution in [0, 0.1) is 5.92 Å². The predicted octanol–water partition coefficient (Wildman–Crippen LogP) is 5.68. The molecule has 5 heteroatoms. The number of nitrogens with zero attached hydrogens (tertiary/aromatic N) is 1. The van der Waals surface area contributed by atoms with Crippen LogP contribution in [0.1, 0.15) is 56.9 Å². The fourth-order valence-electron chi connectivity index (χ4n) is 5.69. The highest BCUT2D eigenvalue weighted by Crippen LogP contribution is 2.38. The molecule has 4 rings (SSSR count). The average molecular weight is 478 g/mol. The molecule has 0 bridgehead atoms. The summed E-state index contributed by atoms with van der Waals surface area (Å²) in [7, 11) is 0. The quantitative estimate of drug-likeness (QED) is 0.408. The Morgan fingerprint density at radius 3 is 2.34 bits per heavy atom. The van der Waals surface area contributed by atoms with E-state index in [1.165, 1.54) is 30.4 Å². The molecule has 1 heterocycles. The number of likely N-dealkylation sites (tertiary alicyclic amines) is 1. The van der Waals surface area contributed by atoms with E-state index in [0.29, 0.717) is 19.4 Å². The van der Waals surface area contributed by atoms with Crippen molar-refractivity contribution in [2.24, 2.45) is 5.92 Å². The number of ether oxygens (including phenoxy) is 1. The van der Waals surface area contributed by atoms with E-state index in [4.69, 9.17) is 9.84 Å². The molecule has 5 nitrogen and oxygen atoms in total. The van der Waals surface area contributed by atoms with Crippen molar-refractivity contribution in [3.8, 4) is 11.1 Å². The molecule has 4 atom stereocenters. The Morgan fingerprint density at radius 1 is 0.943 bits per heavy atom. The normalized spacial score (nSPS) is 25.3. The average Bonchev–Trinajstić information content (AvgIpc) is 3.20. The maximum absolute atomic E-state index is 11.0. The van der Waals surface area contributed by atoms with Crippen LogP contribution in [0.4, 0.5) is 0 Å². The number of allylic oxidation sites excluding steroid dienone is 2. The minimum Gasteiger partial charge on any atom is -0.481 e. The van der Waals surface area contributed by atoms with Crippen LogP contribution in [0.3, 0.4) is 0 Å². The number of hydrogen-bond donors (Lipinski definition) is 2. The second-order valence-electron chi connectivity index (χ2n) is 9.95. The van der Waals surface area contributed by atoms with E-state index < -0.39 is 5.97 Å². The van der Waals surface area contributed by atoms with Gasteiger partial charge < -0.3 is 14.9 Å². The maximum atomic E-state index is 11.0. The van der Waals surface area contributed by atoms with Crippen molar-refractivity contribution in [1.82, 2.24) is 4.90 Å². The van der Waals surface area contributed by atoms with Gasteiger partial charge in [0.25, 0.3) is 0 Å². The van der Waals surface area contributed by atoms with Gasteiger partial charge in [-0.15, -0.1) is 0 Å². The summed E-state index contributed by atoms with van der Waals surface area (Å²) in [6.45, 7) is 2.66. The molecule has 188 valence electrons. The number of aliphatic hydroxyl groups is 1. The third-order valence-corrected chi connectivity index (χ3v) is 7.48. The van der Waals surface area contributed by atoms with Gasteiger partial charge in [-0.1, -0.05) is 73.2 Å². The van der Waals surface area contributed by atoms with Crippen molar-refractivity contribution in [2.75, 3.05) is 13.1 Å². The molecule has 0 radical (unpaired) electrons. The zero-order valence-corrected chi connectivity index (χ0v) is 20.6. The highest BCUT2D eigenvalue weighted by molar-refractivity contribution is 5.66. The second-order valence-corrected chi connectivity index (χ2v) is 9.95. The number of hydrogen-bond acceptors (Lipinski definition) is 4. The summed E-state index contributed by atoms with van der Waals surface area (Å²) in [4.78, 5) is 13.2. The van der Waals surface area contributed by atoms with Crippen LogP contribution in [0.25, 0.3) is 11.1 Å². The van der Waals surface area contributed by atoms with Gasteiger partial charge in [0.2, 0.25) is 0 Å². The Morgan fingerprint density at radius 2 is 1.63 bits per heavy atom. The molecule has 0 amide bonds. The van der Waals surface area contributed by atoms with E-state index in [-0.39, 0.29) is 30.6 Å². The van der Waals surface area contributed by atoms with Crippen LogP contribution in [-0.2, 0) is 16.1 Å². The van der Waals surface area contributed by atoms with Crippen LogP contribution in [-0.4, -0.2) is 52.4 Å². The number of rotatable bonds is 11. The number of piperidine rings is 1. The number of carboxylic acids is 1. The summed E-state index contributed by atoms with van der Waals surface area (Å²) in [6.07, 6.45) is 10.6. The SMILES string of the molecule is O=C(O)CC/C=C/CCC1C(OCc2ccc(-c3ccccc3)cc2)CC(O)C1N1CCCCC1. The second kappa shape index (κ2) is 13.0. The number of carbonyl (C=O) groups is 1. The zero-order chi connectivity index (χ0) is 24.5. The van der Waals surface area contributed by atoms with Crippen molar-refractivity contribution in [1.29, 1.82) is 0 Å². The van der Waals surface area contributed by atoms with E-state index in [2.05, 4.69) is 59.5 Å². The summed E-state index contributed by atoms with van der Waals surface area (Å²) in [5.41, 5.74) is 3.55. The predicted molar refractivity (Wildman–Crippen MR) is 139 cm³/mol. The van der Waals surface area contributed by atoms with Gasteiger partial charge in [0, 0.05) is 24.8 Å². The summed E-state index contributed by atoms with van der Waals surface area (Å²) < 4.78 is 6.46. The van der Waals surface area contributed by atoms with Crippen molar-refractivity contribution in [3.05, 3.63) is 72.3 Å². The highest BCUT2D eigenvalue weighted by Gasteiger charge is 2.45.